The smallest absolute Gasteiger partial charge is 0.264 e. The lowest BCUT2D eigenvalue weighted by molar-refractivity contribution is 0.0939. The average Bonchev–Trinajstić information content (AvgIpc) is 3.17. The Labute approximate surface area is 178 Å². The van der Waals surface area contributed by atoms with Crippen LogP contribution in [0.3, 0.4) is 0 Å². The van der Waals surface area contributed by atoms with E-state index in [1.165, 1.54) is 16.9 Å². The minimum absolute atomic E-state index is 0.216. The van der Waals surface area contributed by atoms with E-state index in [1.54, 1.807) is 13.0 Å². The molecular weight excluding hydrogens is 394 g/mol. The molecule has 2 heterocycles. The summed E-state index contributed by atoms with van der Waals surface area (Å²) in [6, 6.07) is 19.8. The average molecular weight is 415 g/mol. The Kier molecular flexibility index (Phi) is 5.61. The highest BCUT2D eigenvalue weighted by Crippen LogP contribution is 2.23. The van der Waals surface area contributed by atoms with Crippen molar-refractivity contribution in [1.82, 2.24) is 25.3 Å². The number of H-pyrrole nitrogens is 1. The minimum Gasteiger partial charge on any atom is -0.457 e. The summed E-state index contributed by atoms with van der Waals surface area (Å²) in [6.45, 7) is 3.68. The molecule has 0 saturated carbocycles. The van der Waals surface area contributed by atoms with Gasteiger partial charge in [-0.05, 0) is 49.7 Å². The molecule has 0 radical (unpaired) electrons. The second-order valence-electron chi connectivity index (χ2n) is 7.01. The predicted molar refractivity (Wildman–Crippen MR) is 116 cm³/mol. The fourth-order valence-corrected chi connectivity index (χ4v) is 3.13. The zero-order chi connectivity index (χ0) is 21.8. The molecule has 156 valence electrons. The van der Waals surface area contributed by atoms with Crippen LogP contribution in [-0.4, -0.2) is 25.9 Å². The summed E-state index contributed by atoms with van der Waals surface area (Å²) < 4.78 is 7.31. The van der Waals surface area contributed by atoms with Gasteiger partial charge in [-0.15, -0.1) is 0 Å². The topological polar surface area (TPSA) is 102 Å². The molecule has 1 amide bonds. The second-order valence-corrected chi connectivity index (χ2v) is 7.01. The second kappa shape index (κ2) is 8.66. The van der Waals surface area contributed by atoms with E-state index in [1.807, 2.05) is 61.5 Å². The van der Waals surface area contributed by atoms with Crippen molar-refractivity contribution in [3.05, 3.63) is 100 Å². The van der Waals surface area contributed by atoms with Crippen LogP contribution in [0.2, 0.25) is 0 Å². The van der Waals surface area contributed by atoms with E-state index in [9.17, 15) is 9.59 Å². The maximum atomic E-state index is 12.8. The Bertz CT molecular complexity index is 1230. The maximum absolute atomic E-state index is 12.8. The summed E-state index contributed by atoms with van der Waals surface area (Å²) in [7, 11) is 0. The van der Waals surface area contributed by atoms with Crippen LogP contribution in [0, 0.1) is 6.92 Å². The molecule has 0 fully saturated rings. The Hall–Kier alpha value is -4.20. The molecule has 0 saturated heterocycles. The minimum atomic E-state index is -0.305. The molecule has 31 heavy (non-hydrogen) atoms. The van der Waals surface area contributed by atoms with E-state index in [0.29, 0.717) is 17.1 Å². The van der Waals surface area contributed by atoms with Crippen LogP contribution in [-0.2, 0) is 0 Å². The predicted octanol–water partition coefficient (Wildman–Crippen LogP) is 3.55. The molecule has 8 nitrogen and oxygen atoms in total. The van der Waals surface area contributed by atoms with E-state index in [2.05, 4.69) is 20.6 Å². The molecule has 1 unspecified atom stereocenters. The SMILES string of the molecule is Cc1c(C(=O)NC(C)c2ccc(Oc3ccccc3)cc2)cnn1-c1ccc(=O)[nH]n1. The molecule has 1 atom stereocenters. The maximum Gasteiger partial charge on any atom is 0.264 e. The third kappa shape index (κ3) is 4.53. The van der Waals surface area contributed by atoms with Crippen molar-refractivity contribution in [2.24, 2.45) is 0 Å². The zero-order valence-electron chi connectivity index (χ0n) is 17.1. The van der Waals surface area contributed by atoms with Gasteiger partial charge in [-0.25, -0.2) is 9.78 Å². The lowest BCUT2D eigenvalue weighted by atomic mass is 10.1. The van der Waals surface area contributed by atoms with Crippen LogP contribution in [0.25, 0.3) is 5.82 Å². The Morgan fingerprint density at radius 1 is 1.03 bits per heavy atom. The van der Waals surface area contributed by atoms with Gasteiger partial charge in [0.05, 0.1) is 23.5 Å². The number of para-hydroxylation sites is 1. The van der Waals surface area contributed by atoms with Crippen LogP contribution in [0.15, 0.2) is 77.7 Å². The molecule has 0 aliphatic heterocycles. The van der Waals surface area contributed by atoms with Crippen molar-refractivity contribution in [3.63, 3.8) is 0 Å². The first-order chi connectivity index (χ1) is 15.0. The number of benzene rings is 2. The summed E-state index contributed by atoms with van der Waals surface area (Å²) in [6.07, 6.45) is 1.49. The number of hydrogen-bond donors (Lipinski definition) is 2. The van der Waals surface area contributed by atoms with Crippen molar-refractivity contribution in [3.8, 4) is 17.3 Å². The lowest BCUT2D eigenvalue weighted by Crippen LogP contribution is -2.27. The van der Waals surface area contributed by atoms with E-state index in [-0.39, 0.29) is 17.5 Å². The normalized spacial score (nSPS) is 11.7. The number of ether oxygens (including phenoxy) is 1. The van der Waals surface area contributed by atoms with Crippen LogP contribution in [0.5, 0.6) is 11.5 Å². The van der Waals surface area contributed by atoms with Gasteiger partial charge in [0.2, 0.25) is 0 Å². The number of rotatable bonds is 6. The van der Waals surface area contributed by atoms with Gasteiger partial charge in [0.1, 0.15) is 11.5 Å². The summed E-state index contributed by atoms with van der Waals surface area (Å²) in [4.78, 5) is 24.0. The van der Waals surface area contributed by atoms with E-state index in [4.69, 9.17) is 4.74 Å². The summed E-state index contributed by atoms with van der Waals surface area (Å²) in [5, 5.41) is 13.5. The largest absolute Gasteiger partial charge is 0.457 e. The number of carbonyl (C=O) groups is 1. The number of carbonyl (C=O) groups excluding carboxylic acids is 1. The van der Waals surface area contributed by atoms with Gasteiger partial charge < -0.3 is 10.1 Å². The quantitative estimate of drug-likeness (QED) is 0.501. The first-order valence-electron chi connectivity index (χ1n) is 9.76. The molecule has 2 aromatic carbocycles. The summed E-state index contributed by atoms with van der Waals surface area (Å²) >= 11 is 0. The van der Waals surface area contributed by atoms with E-state index < -0.39 is 0 Å². The van der Waals surface area contributed by atoms with Crippen molar-refractivity contribution in [1.29, 1.82) is 0 Å². The Morgan fingerprint density at radius 2 is 1.74 bits per heavy atom. The Morgan fingerprint density at radius 3 is 2.42 bits per heavy atom. The highest BCUT2D eigenvalue weighted by atomic mass is 16.5. The fraction of sp³-hybridized carbons (Fsp3) is 0.130. The first-order valence-corrected chi connectivity index (χ1v) is 9.76. The van der Waals surface area contributed by atoms with Gasteiger partial charge in [0.15, 0.2) is 5.82 Å². The van der Waals surface area contributed by atoms with Crippen LogP contribution in [0.1, 0.15) is 34.6 Å². The molecule has 4 rings (SSSR count). The van der Waals surface area contributed by atoms with Crippen molar-refractivity contribution < 1.29 is 9.53 Å². The summed E-state index contributed by atoms with van der Waals surface area (Å²) in [5.74, 6) is 1.67. The number of nitrogens with zero attached hydrogens (tertiary/aromatic N) is 3. The van der Waals surface area contributed by atoms with E-state index >= 15 is 0 Å². The molecule has 0 spiro atoms. The van der Waals surface area contributed by atoms with Gasteiger partial charge in [0.25, 0.3) is 11.5 Å². The van der Waals surface area contributed by atoms with E-state index in [0.717, 1.165) is 17.1 Å². The molecule has 2 aromatic heterocycles. The fourth-order valence-electron chi connectivity index (χ4n) is 3.13. The number of aromatic nitrogens is 4. The van der Waals surface area contributed by atoms with Crippen LogP contribution < -0.4 is 15.6 Å². The van der Waals surface area contributed by atoms with Crippen molar-refractivity contribution >= 4 is 5.91 Å². The molecule has 0 aliphatic carbocycles. The first kappa shape index (κ1) is 20.1. The Balaban J connectivity index is 1.44. The van der Waals surface area contributed by atoms with Gasteiger partial charge >= 0.3 is 0 Å². The highest BCUT2D eigenvalue weighted by molar-refractivity contribution is 5.95. The van der Waals surface area contributed by atoms with Crippen LogP contribution in [0.4, 0.5) is 0 Å². The van der Waals surface area contributed by atoms with Gasteiger partial charge in [0, 0.05) is 6.07 Å². The number of hydrogen-bond acceptors (Lipinski definition) is 5. The van der Waals surface area contributed by atoms with Crippen LogP contribution >= 0.6 is 0 Å². The van der Waals surface area contributed by atoms with Crippen molar-refractivity contribution in [2.75, 3.05) is 0 Å². The molecule has 4 aromatic rings. The molecule has 0 aliphatic rings. The highest BCUT2D eigenvalue weighted by Gasteiger charge is 2.18. The molecule has 2 N–H and O–H groups in total. The number of amides is 1. The number of nitrogens with one attached hydrogen (secondary N) is 2. The van der Waals surface area contributed by atoms with Gasteiger partial charge in [-0.3, -0.25) is 9.59 Å². The summed E-state index contributed by atoms with van der Waals surface area (Å²) in [5.41, 5.74) is 1.70. The van der Waals surface area contributed by atoms with Gasteiger partial charge in [-0.1, -0.05) is 30.3 Å². The monoisotopic (exact) mass is 415 g/mol. The molecule has 8 heteroatoms. The number of aromatic amines is 1. The zero-order valence-corrected chi connectivity index (χ0v) is 17.1. The standard InChI is InChI=1S/C23H21N5O3/c1-15(17-8-10-19(11-9-17)31-18-6-4-3-5-7-18)25-23(30)20-14-24-28(16(20)2)21-12-13-22(29)27-26-21/h3-15H,1-2H3,(H,25,30)(H,27,29). The van der Waals surface area contributed by atoms with Gasteiger partial charge in [-0.2, -0.15) is 10.2 Å². The van der Waals surface area contributed by atoms with Crippen molar-refractivity contribution in [2.45, 2.75) is 19.9 Å². The third-order valence-electron chi connectivity index (χ3n) is 4.84. The molecular formula is C23H21N5O3. The lowest BCUT2D eigenvalue weighted by Gasteiger charge is -2.15. The molecule has 0 bridgehead atoms. The third-order valence-corrected chi connectivity index (χ3v) is 4.84.